The van der Waals surface area contributed by atoms with Gasteiger partial charge in [-0.3, -0.25) is 19.7 Å². The van der Waals surface area contributed by atoms with Gasteiger partial charge in [-0.05, 0) is 30.0 Å². The Kier molecular flexibility index (Phi) is 5.43. The first-order valence-corrected chi connectivity index (χ1v) is 9.16. The van der Waals surface area contributed by atoms with Crippen molar-refractivity contribution in [3.05, 3.63) is 34.9 Å². The van der Waals surface area contributed by atoms with E-state index < -0.39 is 11.9 Å². The first kappa shape index (κ1) is 18.9. The summed E-state index contributed by atoms with van der Waals surface area (Å²) in [5.41, 5.74) is 2.27. The summed E-state index contributed by atoms with van der Waals surface area (Å²) in [6.45, 7) is 3.27. The molecule has 1 aromatic carbocycles. The maximum atomic E-state index is 12.8. The Balaban J connectivity index is 1.76. The van der Waals surface area contributed by atoms with Gasteiger partial charge in [0.05, 0.1) is 0 Å². The van der Waals surface area contributed by atoms with Crippen molar-refractivity contribution < 1.29 is 19.2 Å². The average Bonchev–Trinajstić information content (AvgIpc) is 2.97. The van der Waals surface area contributed by atoms with Gasteiger partial charge in [-0.25, -0.2) is 4.79 Å². The number of rotatable bonds is 5. The molecule has 8 heteroatoms. The zero-order valence-corrected chi connectivity index (χ0v) is 15.6. The Labute approximate surface area is 157 Å². The lowest BCUT2D eigenvalue weighted by Gasteiger charge is -2.29. The summed E-state index contributed by atoms with van der Waals surface area (Å²) in [5.74, 6) is -0.940. The predicted octanol–water partition coefficient (Wildman–Crippen LogP) is 0.999. The Morgan fingerprint density at radius 2 is 2.11 bits per heavy atom. The van der Waals surface area contributed by atoms with E-state index in [4.69, 9.17) is 0 Å². The molecular formula is C19H24N4O4. The first-order valence-electron chi connectivity index (χ1n) is 9.16. The van der Waals surface area contributed by atoms with Gasteiger partial charge in [0.25, 0.3) is 5.91 Å². The van der Waals surface area contributed by atoms with E-state index in [-0.39, 0.29) is 24.3 Å². The highest BCUT2D eigenvalue weighted by molar-refractivity contribution is 6.05. The molecule has 1 atom stereocenters. The zero-order chi connectivity index (χ0) is 19.6. The summed E-state index contributed by atoms with van der Waals surface area (Å²) in [7, 11) is 1.71. The van der Waals surface area contributed by atoms with E-state index in [1.807, 2.05) is 13.0 Å². The fraction of sp³-hybridized carbons (Fsp3) is 0.474. The third kappa shape index (κ3) is 3.79. The maximum absolute atomic E-state index is 12.8. The van der Waals surface area contributed by atoms with Crippen molar-refractivity contribution in [3.8, 4) is 0 Å². The molecule has 0 bridgehead atoms. The van der Waals surface area contributed by atoms with Gasteiger partial charge in [-0.2, -0.15) is 0 Å². The molecule has 2 heterocycles. The second kappa shape index (κ2) is 7.77. The maximum Gasteiger partial charge on any atom is 0.317 e. The number of nitrogens with zero attached hydrogens (tertiary/aromatic N) is 2. The van der Waals surface area contributed by atoms with Crippen LogP contribution >= 0.6 is 0 Å². The number of carbonyl (C=O) groups excluding carboxylic acids is 4. The molecule has 0 aliphatic carbocycles. The molecule has 1 aromatic rings. The van der Waals surface area contributed by atoms with Gasteiger partial charge >= 0.3 is 6.03 Å². The number of benzene rings is 1. The van der Waals surface area contributed by atoms with E-state index in [1.165, 1.54) is 4.90 Å². The molecule has 2 aliphatic rings. The largest absolute Gasteiger partial charge is 0.338 e. The van der Waals surface area contributed by atoms with Crippen LogP contribution in [0.25, 0.3) is 0 Å². The van der Waals surface area contributed by atoms with Gasteiger partial charge in [-0.1, -0.05) is 19.1 Å². The molecule has 1 saturated heterocycles. The van der Waals surface area contributed by atoms with Crippen LogP contribution in [-0.2, 0) is 22.7 Å². The molecule has 1 unspecified atom stereocenters. The average molecular weight is 372 g/mol. The van der Waals surface area contributed by atoms with Crippen molar-refractivity contribution >= 4 is 23.8 Å². The van der Waals surface area contributed by atoms with E-state index >= 15 is 0 Å². The van der Waals surface area contributed by atoms with E-state index in [0.717, 1.165) is 17.5 Å². The van der Waals surface area contributed by atoms with Crippen LogP contribution in [-0.4, -0.2) is 53.2 Å². The molecule has 27 heavy (non-hydrogen) atoms. The number of fused-ring (bicyclic) bond motifs is 1. The number of hydrogen-bond donors (Lipinski definition) is 2. The highest BCUT2D eigenvalue weighted by Gasteiger charge is 2.39. The third-order valence-electron chi connectivity index (χ3n) is 4.96. The quantitative estimate of drug-likeness (QED) is 0.753. The Bertz CT molecular complexity index is 792. The van der Waals surface area contributed by atoms with Gasteiger partial charge in [0.15, 0.2) is 0 Å². The van der Waals surface area contributed by atoms with E-state index in [9.17, 15) is 19.2 Å². The molecule has 0 saturated carbocycles. The van der Waals surface area contributed by atoms with Gasteiger partial charge in [0, 0.05) is 38.7 Å². The van der Waals surface area contributed by atoms with Gasteiger partial charge in [-0.15, -0.1) is 0 Å². The Morgan fingerprint density at radius 3 is 2.81 bits per heavy atom. The summed E-state index contributed by atoms with van der Waals surface area (Å²) in [5, 5.41) is 5.13. The minimum absolute atomic E-state index is 0.166. The SMILES string of the molecule is CCCNC(=O)N(C)Cc1cccc2c1CN(C1CCC(=O)NC1=O)C2=O. The minimum atomic E-state index is -0.638. The molecule has 2 aliphatic heterocycles. The number of urea groups is 1. The number of nitrogens with one attached hydrogen (secondary N) is 2. The van der Waals surface area contributed by atoms with Crippen molar-refractivity contribution in [3.63, 3.8) is 0 Å². The standard InChI is InChI=1S/C19H24N4O4/c1-3-9-20-19(27)22(2)10-12-5-4-6-13-14(12)11-23(18(13)26)15-7-8-16(24)21-17(15)25/h4-6,15H,3,7-11H2,1-2H3,(H,20,27)(H,21,24,25). The number of imide groups is 1. The molecule has 2 N–H and O–H groups in total. The molecular weight excluding hydrogens is 348 g/mol. The fourth-order valence-corrected chi connectivity index (χ4v) is 3.49. The van der Waals surface area contributed by atoms with E-state index in [1.54, 1.807) is 24.1 Å². The third-order valence-corrected chi connectivity index (χ3v) is 4.96. The number of amides is 5. The highest BCUT2D eigenvalue weighted by Crippen LogP contribution is 2.30. The van der Waals surface area contributed by atoms with Crippen LogP contribution in [0.5, 0.6) is 0 Å². The first-order chi connectivity index (χ1) is 12.9. The molecule has 0 aromatic heterocycles. The number of hydrogen-bond acceptors (Lipinski definition) is 4. The molecule has 8 nitrogen and oxygen atoms in total. The van der Waals surface area contributed by atoms with Crippen LogP contribution in [0.3, 0.4) is 0 Å². The zero-order valence-electron chi connectivity index (χ0n) is 15.6. The second-order valence-corrected chi connectivity index (χ2v) is 6.93. The second-order valence-electron chi connectivity index (χ2n) is 6.93. The molecule has 1 fully saturated rings. The van der Waals surface area contributed by atoms with E-state index in [0.29, 0.717) is 31.6 Å². The topological polar surface area (TPSA) is 98.8 Å². The van der Waals surface area contributed by atoms with Crippen LogP contribution < -0.4 is 10.6 Å². The Hall–Kier alpha value is -2.90. The minimum Gasteiger partial charge on any atom is -0.338 e. The van der Waals surface area contributed by atoms with Crippen LogP contribution in [0.4, 0.5) is 4.79 Å². The predicted molar refractivity (Wildman–Crippen MR) is 97.6 cm³/mol. The summed E-state index contributed by atoms with van der Waals surface area (Å²) in [4.78, 5) is 51.5. The van der Waals surface area contributed by atoms with Crippen molar-refractivity contribution in [2.75, 3.05) is 13.6 Å². The van der Waals surface area contributed by atoms with E-state index in [2.05, 4.69) is 10.6 Å². The lowest BCUT2D eigenvalue weighted by Crippen LogP contribution is -2.52. The monoisotopic (exact) mass is 372 g/mol. The van der Waals surface area contributed by atoms with Crippen molar-refractivity contribution in [2.24, 2.45) is 0 Å². The van der Waals surface area contributed by atoms with Gasteiger partial charge in [0.2, 0.25) is 11.8 Å². The van der Waals surface area contributed by atoms with Gasteiger partial charge in [0.1, 0.15) is 6.04 Å². The molecule has 0 spiro atoms. The lowest BCUT2D eigenvalue weighted by molar-refractivity contribution is -0.136. The van der Waals surface area contributed by atoms with Crippen LogP contribution in [0.15, 0.2) is 18.2 Å². The van der Waals surface area contributed by atoms with Gasteiger partial charge < -0.3 is 15.1 Å². The van der Waals surface area contributed by atoms with Crippen molar-refractivity contribution in [1.29, 1.82) is 0 Å². The highest BCUT2D eigenvalue weighted by atomic mass is 16.2. The molecule has 5 amide bonds. The summed E-state index contributed by atoms with van der Waals surface area (Å²) in [6, 6.07) is 4.62. The summed E-state index contributed by atoms with van der Waals surface area (Å²) < 4.78 is 0. The molecule has 144 valence electrons. The molecule has 0 radical (unpaired) electrons. The van der Waals surface area contributed by atoms with Crippen molar-refractivity contribution in [1.82, 2.24) is 20.4 Å². The summed E-state index contributed by atoms with van der Waals surface area (Å²) in [6.07, 6.45) is 1.42. The number of piperidine rings is 1. The number of carbonyl (C=O) groups is 4. The molecule has 3 rings (SSSR count). The van der Waals surface area contributed by atoms with Crippen LogP contribution in [0, 0.1) is 0 Å². The smallest absolute Gasteiger partial charge is 0.317 e. The van der Waals surface area contributed by atoms with Crippen LogP contribution in [0.1, 0.15) is 47.7 Å². The Morgan fingerprint density at radius 1 is 1.33 bits per heavy atom. The normalized spacial score (nSPS) is 19.0. The van der Waals surface area contributed by atoms with Crippen molar-refractivity contribution in [2.45, 2.75) is 45.3 Å². The summed E-state index contributed by atoms with van der Waals surface area (Å²) >= 11 is 0. The fourth-order valence-electron chi connectivity index (χ4n) is 3.49. The lowest BCUT2D eigenvalue weighted by atomic mass is 10.0. The van der Waals surface area contributed by atoms with Crippen LogP contribution in [0.2, 0.25) is 0 Å².